The molecule has 2 aromatic rings. The Morgan fingerprint density at radius 1 is 1.29 bits per heavy atom. The van der Waals surface area contributed by atoms with E-state index in [4.69, 9.17) is 14.6 Å². The normalized spacial score (nSPS) is 11.2. The second-order valence-electron chi connectivity index (χ2n) is 4.83. The predicted octanol–water partition coefficient (Wildman–Crippen LogP) is 3.54. The molecule has 0 amide bonds. The van der Waals surface area contributed by atoms with Gasteiger partial charge in [-0.25, -0.2) is 4.79 Å². The van der Waals surface area contributed by atoms with Crippen LogP contribution in [0.15, 0.2) is 30.3 Å². The Morgan fingerprint density at radius 3 is 2.71 bits per heavy atom. The van der Waals surface area contributed by atoms with Crippen LogP contribution in [0.5, 0.6) is 5.75 Å². The Morgan fingerprint density at radius 2 is 2.05 bits per heavy atom. The third-order valence-electron chi connectivity index (χ3n) is 3.29. The number of hydrogen-bond acceptors (Lipinski definition) is 3. The summed E-state index contributed by atoms with van der Waals surface area (Å²) in [6.45, 7) is 4.12. The number of benzene rings is 2. The van der Waals surface area contributed by atoms with E-state index >= 15 is 0 Å². The molecule has 4 heteroatoms. The van der Waals surface area contributed by atoms with E-state index in [-0.39, 0.29) is 6.79 Å². The highest BCUT2D eigenvalue weighted by Gasteiger charge is 2.12. The Bertz CT molecular complexity index is 701. The zero-order valence-corrected chi connectivity index (χ0v) is 12.3. The lowest BCUT2D eigenvalue weighted by atomic mass is 9.96. The molecule has 4 nitrogen and oxygen atoms in total. The number of fused-ring (bicyclic) bond motifs is 1. The molecular weight excluding hydrogens is 268 g/mol. The van der Waals surface area contributed by atoms with Crippen LogP contribution in [0.2, 0.25) is 0 Å². The van der Waals surface area contributed by atoms with E-state index < -0.39 is 5.97 Å². The summed E-state index contributed by atoms with van der Waals surface area (Å²) in [5.41, 5.74) is 2.88. The van der Waals surface area contributed by atoms with Gasteiger partial charge in [-0.3, -0.25) is 0 Å². The van der Waals surface area contributed by atoms with Gasteiger partial charge in [0.1, 0.15) is 5.75 Å². The topological polar surface area (TPSA) is 55.8 Å². The smallest absolute Gasteiger partial charge is 0.328 e. The number of carboxylic acids is 1. The van der Waals surface area contributed by atoms with Crippen molar-refractivity contribution in [1.29, 1.82) is 0 Å². The SMILES string of the molecule is COCOc1c(/C=C/C(=O)O)cc(C)c2cccc(C)c12. The van der Waals surface area contributed by atoms with Crippen LogP contribution in [-0.4, -0.2) is 25.0 Å². The van der Waals surface area contributed by atoms with E-state index in [0.29, 0.717) is 5.75 Å². The van der Waals surface area contributed by atoms with Gasteiger partial charge < -0.3 is 14.6 Å². The average molecular weight is 286 g/mol. The first kappa shape index (κ1) is 15.1. The maximum atomic E-state index is 10.8. The standard InChI is InChI=1S/C17H18O4/c1-11-5-4-6-14-12(2)9-13(7-8-15(18)19)17(16(11)14)21-10-20-3/h4-9H,10H2,1-3H3,(H,18,19)/b8-7+. The van der Waals surface area contributed by atoms with E-state index in [9.17, 15) is 4.79 Å². The van der Waals surface area contributed by atoms with Gasteiger partial charge in [0.25, 0.3) is 0 Å². The molecule has 0 aliphatic heterocycles. The van der Waals surface area contributed by atoms with Crippen LogP contribution in [0.25, 0.3) is 16.8 Å². The van der Waals surface area contributed by atoms with Crippen LogP contribution in [0.3, 0.4) is 0 Å². The van der Waals surface area contributed by atoms with Crippen LogP contribution in [0, 0.1) is 13.8 Å². The highest BCUT2D eigenvalue weighted by Crippen LogP contribution is 2.35. The highest BCUT2D eigenvalue weighted by molar-refractivity contribution is 5.97. The number of aliphatic carboxylic acids is 1. The van der Waals surface area contributed by atoms with Crippen molar-refractivity contribution in [1.82, 2.24) is 0 Å². The molecule has 21 heavy (non-hydrogen) atoms. The molecule has 2 rings (SSSR count). The molecule has 2 aromatic carbocycles. The fourth-order valence-corrected chi connectivity index (χ4v) is 2.38. The van der Waals surface area contributed by atoms with Crippen molar-refractivity contribution in [2.45, 2.75) is 13.8 Å². The van der Waals surface area contributed by atoms with Crippen LogP contribution in [0.1, 0.15) is 16.7 Å². The van der Waals surface area contributed by atoms with Crippen molar-refractivity contribution in [3.63, 3.8) is 0 Å². The summed E-state index contributed by atoms with van der Waals surface area (Å²) in [5, 5.41) is 10.9. The van der Waals surface area contributed by atoms with Crippen molar-refractivity contribution < 1.29 is 19.4 Å². The quantitative estimate of drug-likeness (QED) is 0.674. The first-order valence-electron chi connectivity index (χ1n) is 6.60. The number of aryl methyl sites for hydroxylation is 2. The number of methoxy groups -OCH3 is 1. The van der Waals surface area contributed by atoms with Crippen molar-refractivity contribution in [3.05, 3.63) is 47.0 Å². The van der Waals surface area contributed by atoms with E-state index in [1.165, 1.54) is 0 Å². The molecule has 0 fully saturated rings. The van der Waals surface area contributed by atoms with Crippen molar-refractivity contribution in [3.8, 4) is 5.75 Å². The zero-order valence-electron chi connectivity index (χ0n) is 12.3. The van der Waals surface area contributed by atoms with Gasteiger partial charge in [0, 0.05) is 24.1 Å². The molecule has 0 spiro atoms. The number of carbonyl (C=O) groups is 1. The molecule has 0 unspecified atom stereocenters. The maximum absolute atomic E-state index is 10.8. The van der Waals surface area contributed by atoms with E-state index in [2.05, 4.69) is 0 Å². The summed E-state index contributed by atoms with van der Waals surface area (Å²) >= 11 is 0. The Balaban J connectivity index is 2.71. The fraction of sp³-hybridized carbons (Fsp3) is 0.235. The average Bonchev–Trinajstić information content (AvgIpc) is 2.45. The van der Waals surface area contributed by atoms with Crippen LogP contribution < -0.4 is 4.74 Å². The molecular formula is C17H18O4. The second kappa shape index (κ2) is 6.41. The van der Waals surface area contributed by atoms with Crippen LogP contribution in [0.4, 0.5) is 0 Å². The maximum Gasteiger partial charge on any atom is 0.328 e. The first-order valence-corrected chi connectivity index (χ1v) is 6.60. The van der Waals surface area contributed by atoms with Crippen molar-refractivity contribution >= 4 is 22.8 Å². The molecule has 1 N–H and O–H groups in total. The minimum atomic E-state index is -0.991. The summed E-state index contributed by atoms with van der Waals surface area (Å²) in [4.78, 5) is 10.8. The van der Waals surface area contributed by atoms with Gasteiger partial charge in [0.05, 0.1) is 0 Å². The van der Waals surface area contributed by atoms with E-state index in [0.717, 1.165) is 33.5 Å². The van der Waals surface area contributed by atoms with Crippen LogP contribution >= 0.6 is 0 Å². The molecule has 0 aromatic heterocycles. The van der Waals surface area contributed by atoms with Gasteiger partial charge in [-0.15, -0.1) is 0 Å². The molecule has 0 bridgehead atoms. The molecule has 0 saturated carbocycles. The number of carboxylic acid groups (broad SMARTS) is 1. The summed E-state index contributed by atoms with van der Waals surface area (Å²) in [6.07, 6.45) is 2.66. The molecule has 110 valence electrons. The fourth-order valence-electron chi connectivity index (χ4n) is 2.38. The Labute approximate surface area is 123 Å². The largest absolute Gasteiger partial charge is 0.478 e. The van der Waals surface area contributed by atoms with Crippen molar-refractivity contribution in [2.24, 2.45) is 0 Å². The zero-order chi connectivity index (χ0) is 15.4. The van der Waals surface area contributed by atoms with E-state index in [1.54, 1.807) is 13.2 Å². The minimum absolute atomic E-state index is 0.112. The monoisotopic (exact) mass is 286 g/mol. The van der Waals surface area contributed by atoms with Gasteiger partial charge in [0.15, 0.2) is 6.79 Å². The molecule has 0 aliphatic carbocycles. The van der Waals surface area contributed by atoms with Crippen LogP contribution in [-0.2, 0) is 9.53 Å². The molecule has 0 saturated heterocycles. The third-order valence-corrected chi connectivity index (χ3v) is 3.29. The van der Waals surface area contributed by atoms with Gasteiger partial charge in [-0.05, 0) is 42.5 Å². The summed E-state index contributed by atoms with van der Waals surface area (Å²) < 4.78 is 10.7. The highest BCUT2D eigenvalue weighted by atomic mass is 16.7. The van der Waals surface area contributed by atoms with E-state index in [1.807, 2.05) is 38.1 Å². The van der Waals surface area contributed by atoms with Gasteiger partial charge in [-0.1, -0.05) is 18.2 Å². The number of hydrogen-bond donors (Lipinski definition) is 1. The molecule has 0 heterocycles. The van der Waals surface area contributed by atoms with Gasteiger partial charge in [-0.2, -0.15) is 0 Å². The number of ether oxygens (including phenoxy) is 2. The summed E-state index contributed by atoms with van der Waals surface area (Å²) in [5.74, 6) is -0.344. The van der Waals surface area contributed by atoms with Gasteiger partial charge >= 0.3 is 5.97 Å². The Hall–Kier alpha value is -2.33. The third kappa shape index (κ3) is 3.23. The second-order valence-corrected chi connectivity index (χ2v) is 4.83. The Kier molecular flexibility index (Phi) is 4.60. The molecule has 0 radical (unpaired) electrons. The lowest BCUT2D eigenvalue weighted by Crippen LogP contribution is -2.02. The molecule has 0 atom stereocenters. The lowest BCUT2D eigenvalue weighted by Gasteiger charge is -2.15. The van der Waals surface area contributed by atoms with Crippen molar-refractivity contribution in [2.75, 3.05) is 13.9 Å². The summed E-state index contributed by atoms with van der Waals surface area (Å²) in [7, 11) is 1.55. The first-order chi connectivity index (χ1) is 10.0. The lowest BCUT2D eigenvalue weighted by molar-refractivity contribution is -0.131. The summed E-state index contributed by atoms with van der Waals surface area (Å²) in [6, 6.07) is 7.96. The number of rotatable bonds is 5. The minimum Gasteiger partial charge on any atom is -0.478 e. The van der Waals surface area contributed by atoms with Gasteiger partial charge in [0.2, 0.25) is 0 Å². The predicted molar refractivity (Wildman–Crippen MR) is 82.6 cm³/mol. The molecule has 0 aliphatic rings.